The molecule has 1 atom stereocenters. The Morgan fingerprint density at radius 2 is 1.76 bits per heavy atom. The van der Waals surface area contributed by atoms with Gasteiger partial charge in [-0.1, -0.05) is 72.3 Å². The van der Waals surface area contributed by atoms with E-state index in [2.05, 4.69) is 24.1 Å². The lowest BCUT2D eigenvalue weighted by Gasteiger charge is -2.28. The van der Waals surface area contributed by atoms with E-state index in [9.17, 15) is 0 Å². The van der Waals surface area contributed by atoms with Gasteiger partial charge in [-0.15, -0.1) is 0 Å². The Balaban J connectivity index is 2.20. The molecule has 2 rings (SSSR count). The summed E-state index contributed by atoms with van der Waals surface area (Å²) in [7, 11) is 2.07. The van der Waals surface area contributed by atoms with Crippen molar-refractivity contribution in [2.75, 3.05) is 7.05 Å². The molecule has 0 amide bonds. The van der Waals surface area contributed by atoms with E-state index in [1.807, 2.05) is 42.5 Å². The molecule has 0 aliphatic rings. The van der Waals surface area contributed by atoms with Crippen molar-refractivity contribution in [3.05, 3.63) is 70.7 Å². The summed E-state index contributed by atoms with van der Waals surface area (Å²) in [5.74, 6) is 0. The van der Waals surface area contributed by atoms with E-state index in [-0.39, 0.29) is 6.04 Å². The van der Waals surface area contributed by atoms with Gasteiger partial charge in [-0.25, -0.2) is 0 Å². The van der Waals surface area contributed by atoms with E-state index in [0.29, 0.717) is 11.4 Å². The molecule has 21 heavy (non-hydrogen) atoms. The molecule has 1 unspecified atom stereocenters. The fourth-order valence-electron chi connectivity index (χ4n) is 2.40. The molecular weight excluding hydrogens is 300 g/mol. The van der Waals surface area contributed by atoms with Gasteiger partial charge in [0.2, 0.25) is 0 Å². The van der Waals surface area contributed by atoms with Crippen LogP contribution in [0.4, 0.5) is 0 Å². The fraction of sp³-hybridized carbons (Fsp3) is 0.235. The zero-order chi connectivity index (χ0) is 15.2. The van der Waals surface area contributed by atoms with Gasteiger partial charge in [-0.3, -0.25) is 4.90 Å². The molecule has 0 saturated carbocycles. The second-order valence-electron chi connectivity index (χ2n) is 5.10. The molecule has 2 nitrogen and oxygen atoms in total. The quantitative estimate of drug-likeness (QED) is 0.810. The summed E-state index contributed by atoms with van der Waals surface area (Å²) in [4.78, 5) is 2.75. The van der Waals surface area contributed by atoms with Crippen LogP contribution in [0, 0.1) is 0 Å². The number of rotatable bonds is 6. The highest BCUT2D eigenvalue weighted by molar-refractivity contribution is 7.80. The van der Waals surface area contributed by atoms with Crippen LogP contribution in [0.3, 0.4) is 0 Å². The molecule has 4 heteroatoms. The summed E-state index contributed by atoms with van der Waals surface area (Å²) in [6.07, 6.45) is 0.653. The molecule has 110 valence electrons. The third-order valence-corrected chi connectivity index (χ3v) is 4.02. The minimum Gasteiger partial charge on any atom is -0.393 e. The van der Waals surface area contributed by atoms with E-state index in [4.69, 9.17) is 29.6 Å². The molecule has 2 aromatic carbocycles. The van der Waals surface area contributed by atoms with E-state index >= 15 is 0 Å². The normalized spacial score (nSPS) is 12.3. The van der Waals surface area contributed by atoms with E-state index in [0.717, 1.165) is 17.1 Å². The average molecular weight is 319 g/mol. The van der Waals surface area contributed by atoms with Crippen LogP contribution in [-0.2, 0) is 6.54 Å². The van der Waals surface area contributed by atoms with E-state index in [1.54, 1.807) is 0 Å². The van der Waals surface area contributed by atoms with Gasteiger partial charge >= 0.3 is 0 Å². The van der Waals surface area contributed by atoms with Crippen LogP contribution in [0.2, 0.25) is 5.02 Å². The maximum atomic E-state index is 6.25. The van der Waals surface area contributed by atoms with Crippen LogP contribution in [0.1, 0.15) is 23.6 Å². The zero-order valence-electron chi connectivity index (χ0n) is 12.0. The third kappa shape index (κ3) is 4.53. The van der Waals surface area contributed by atoms with Crippen molar-refractivity contribution < 1.29 is 0 Å². The molecule has 0 radical (unpaired) electrons. The molecular formula is C17H19ClN2S. The van der Waals surface area contributed by atoms with E-state index in [1.165, 1.54) is 5.56 Å². The first kappa shape index (κ1) is 16.0. The standard InChI is InChI=1S/C17H19ClN2S/c1-20(12-14-9-5-6-10-15(14)18)16(11-17(19)21)13-7-3-2-4-8-13/h2-10,16H,11-12H2,1H3,(H2,19,21). The van der Waals surface area contributed by atoms with Crippen molar-refractivity contribution in [1.29, 1.82) is 0 Å². The molecule has 0 aliphatic carbocycles. The second-order valence-corrected chi connectivity index (χ2v) is 6.04. The minimum atomic E-state index is 0.153. The van der Waals surface area contributed by atoms with Crippen LogP contribution < -0.4 is 5.73 Å². The monoisotopic (exact) mass is 318 g/mol. The molecule has 0 bridgehead atoms. The number of halogens is 1. The maximum Gasteiger partial charge on any atom is 0.0746 e. The molecule has 2 aromatic rings. The van der Waals surface area contributed by atoms with Gasteiger partial charge in [0.1, 0.15) is 0 Å². The first-order valence-corrected chi connectivity index (χ1v) is 7.63. The van der Waals surface area contributed by atoms with Crippen LogP contribution in [-0.4, -0.2) is 16.9 Å². The van der Waals surface area contributed by atoms with Crippen LogP contribution in [0.25, 0.3) is 0 Å². The zero-order valence-corrected chi connectivity index (χ0v) is 13.6. The number of thiocarbonyl (C=S) groups is 1. The van der Waals surface area contributed by atoms with Crippen molar-refractivity contribution in [2.24, 2.45) is 5.73 Å². The Labute approximate surface area is 136 Å². The largest absolute Gasteiger partial charge is 0.393 e. The number of hydrogen-bond donors (Lipinski definition) is 1. The summed E-state index contributed by atoms with van der Waals surface area (Å²) in [6, 6.07) is 18.3. The van der Waals surface area contributed by atoms with Gasteiger partial charge in [0, 0.05) is 24.0 Å². The fourth-order valence-corrected chi connectivity index (χ4v) is 2.75. The highest BCUT2D eigenvalue weighted by Crippen LogP contribution is 2.26. The van der Waals surface area contributed by atoms with Gasteiger partial charge in [0.05, 0.1) is 4.99 Å². The second kappa shape index (κ2) is 7.55. The smallest absolute Gasteiger partial charge is 0.0746 e. The summed E-state index contributed by atoms with van der Waals surface area (Å²) in [5, 5.41) is 0.784. The third-order valence-electron chi connectivity index (χ3n) is 3.49. The van der Waals surface area contributed by atoms with Crippen LogP contribution >= 0.6 is 23.8 Å². The summed E-state index contributed by atoms with van der Waals surface area (Å²) < 4.78 is 0. The van der Waals surface area contributed by atoms with Gasteiger partial charge in [-0.2, -0.15) is 0 Å². The Morgan fingerprint density at radius 3 is 2.38 bits per heavy atom. The molecule has 0 heterocycles. The highest BCUT2D eigenvalue weighted by Gasteiger charge is 2.18. The van der Waals surface area contributed by atoms with Gasteiger partial charge < -0.3 is 5.73 Å². The Hall–Kier alpha value is -1.42. The lowest BCUT2D eigenvalue weighted by molar-refractivity contribution is 0.242. The van der Waals surface area contributed by atoms with Gasteiger partial charge in [0.15, 0.2) is 0 Å². The Bertz CT molecular complexity index is 601. The molecule has 0 fully saturated rings. The average Bonchev–Trinajstić information content (AvgIpc) is 2.48. The lowest BCUT2D eigenvalue weighted by atomic mass is 10.0. The Kier molecular flexibility index (Phi) is 5.74. The van der Waals surface area contributed by atoms with Crippen molar-refractivity contribution in [3.8, 4) is 0 Å². The molecule has 0 spiro atoms. The first-order valence-electron chi connectivity index (χ1n) is 6.85. The topological polar surface area (TPSA) is 29.3 Å². The van der Waals surface area contributed by atoms with Crippen LogP contribution in [0.15, 0.2) is 54.6 Å². The molecule has 2 N–H and O–H groups in total. The lowest BCUT2D eigenvalue weighted by Crippen LogP contribution is -2.28. The van der Waals surface area contributed by atoms with Crippen molar-refractivity contribution >= 4 is 28.8 Å². The van der Waals surface area contributed by atoms with Crippen molar-refractivity contribution in [1.82, 2.24) is 4.90 Å². The molecule has 0 aliphatic heterocycles. The van der Waals surface area contributed by atoms with Crippen molar-refractivity contribution in [2.45, 2.75) is 19.0 Å². The highest BCUT2D eigenvalue weighted by atomic mass is 35.5. The van der Waals surface area contributed by atoms with E-state index < -0.39 is 0 Å². The predicted octanol–water partition coefficient (Wildman–Crippen LogP) is 4.19. The SMILES string of the molecule is CN(Cc1ccccc1Cl)C(CC(N)=S)c1ccccc1. The van der Waals surface area contributed by atoms with Gasteiger partial charge in [0.25, 0.3) is 0 Å². The summed E-state index contributed by atoms with van der Waals surface area (Å²) in [6.45, 7) is 0.752. The van der Waals surface area contributed by atoms with Gasteiger partial charge in [-0.05, 0) is 24.2 Å². The number of nitrogens with zero attached hydrogens (tertiary/aromatic N) is 1. The molecule has 0 saturated heterocycles. The Morgan fingerprint density at radius 1 is 1.14 bits per heavy atom. The first-order chi connectivity index (χ1) is 10.1. The number of nitrogens with two attached hydrogens (primary N) is 1. The predicted molar refractivity (Wildman–Crippen MR) is 93.5 cm³/mol. The maximum absolute atomic E-state index is 6.25. The van der Waals surface area contributed by atoms with Crippen LogP contribution in [0.5, 0.6) is 0 Å². The summed E-state index contributed by atoms with van der Waals surface area (Å²) in [5.41, 5.74) is 8.08. The molecule has 0 aromatic heterocycles. The number of benzene rings is 2. The number of hydrogen-bond acceptors (Lipinski definition) is 2. The van der Waals surface area contributed by atoms with Crippen molar-refractivity contribution in [3.63, 3.8) is 0 Å². The minimum absolute atomic E-state index is 0.153. The summed E-state index contributed by atoms with van der Waals surface area (Å²) >= 11 is 11.4.